The first-order chi connectivity index (χ1) is 15.6. The van der Waals surface area contributed by atoms with Gasteiger partial charge in [-0.3, -0.25) is 9.48 Å². The van der Waals surface area contributed by atoms with E-state index in [4.69, 9.17) is 0 Å². The third-order valence-electron chi connectivity index (χ3n) is 6.04. The van der Waals surface area contributed by atoms with Crippen molar-refractivity contribution in [3.8, 4) is 0 Å². The van der Waals surface area contributed by atoms with Gasteiger partial charge in [0.2, 0.25) is 11.8 Å². The normalized spacial score (nSPS) is 18.4. The van der Waals surface area contributed by atoms with Gasteiger partial charge in [-0.25, -0.2) is 13.2 Å². The summed E-state index contributed by atoms with van der Waals surface area (Å²) < 4.78 is 82.8. The van der Waals surface area contributed by atoms with Gasteiger partial charge in [0.1, 0.15) is 5.82 Å². The van der Waals surface area contributed by atoms with Gasteiger partial charge in [0, 0.05) is 31.5 Å². The second-order valence-corrected chi connectivity index (χ2v) is 10.3. The summed E-state index contributed by atoms with van der Waals surface area (Å²) >= 11 is 0. The third-order valence-corrected chi connectivity index (χ3v) is 6.04. The van der Waals surface area contributed by atoms with Crippen LogP contribution in [0.25, 0.3) is 0 Å². The second-order valence-electron chi connectivity index (χ2n) is 10.3. The first kappa shape index (κ1) is 24.4. The van der Waals surface area contributed by atoms with Crippen LogP contribution in [0.5, 0.6) is 0 Å². The molecule has 1 aliphatic heterocycles. The number of benzene rings is 1. The Hall–Kier alpha value is -2.72. The van der Waals surface area contributed by atoms with Crippen molar-refractivity contribution in [3.63, 3.8) is 0 Å². The van der Waals surface area contributed by atoms with Crippen LogP contribution in [0.1, 0.15) is 62.9 Å². The zero-order valence-electron chi connectivity index (χ0n) is 19.1. The number of alkyl halides is 5. The SMILES string of the molecule is CC(C)(C)CC(=O)Nc1c(F)cc(N2CCn3nc(C(F)(F)F)cc3C2)cc1C1CC(F)(F)C1. The summed E-state index contributed by atoms with van der Waals surface area (Å²) in [7, 11) is 0. The molecule has 2 aliphatic rings. The van der Waals surface area contributed by atoms with Gasteiger partial charge in [0.05, 0.1) is 24.5 Å². The first-order valence-corrected chi connectivity index (χ1v) is 11.0. The lowest BCUT2D eigenvalue weighted by atomic mass is 9.76. The lowest BCUT2D eigenvalue weighted by Crippen LogP contribution is -2.36. The summed E-state index contributed by atoms with van der Waals surface area (Å²) in [6, 6.07) is 3.70. The van der Waals surface area contributed by atoms with Crippen LogP contribution in [0.2, 0.25) is 0 Å². The number of fused-ring (bicyclic) bond motifs is 1. The maximum absolute atomic E-state index is 15.2. The maximum Gasteiger partial charge on any atom is 0.435 e. The predicted octanol–water partition coefficient (Wildman–Crippen LogP) is 5.95. The zero-order chi connectivity index (χ0) is 25.1. The smallest absolute Gasteiger partial charge is 0.364 e. The van der Waals surface area contributed by atoms with Gasteiger partial charge in [0.25, 0.3) is 0 Å². The molecule has 1 fully saturated rings. The van der Waals surface area contributed by atoms with Gasteiger partial charge in [-0.05, 0) is 35.1 Å². The summed E-state index contributed by atoms with van der Waals surface area (Å²) in [5, 5.41) is 6.15. The standard InChI is InChI=1S/C23H26F6N4O/c1-21(2,3)11-19(34)30-20-16(13-9-22(25,26)10-13)6-14(7-17(20)24)32-4-5-33-15(12-32)8-18(31-33)23(27,28)29/h6-8,13H,4-5,9-12H2,1-3H3,(H,30,34). The van der Waals surface area contributed by atoms with Crippen molar-refractivity contribution >= 4 is 17.3 Å². The Labute approximate surface area is 193 Å². The van der Waals surface area contributed by atoms with Crippen LogP contribution in [0.4, 0.5) is 37.7 Å². The minimum atomic E-state index is -4.57. The molecule has 1 aromatic carbocycles. The molecule has 2 heterocycles. The summed E-state index contributed by atoms with van der Waals surface area (Å²) in [5.41, 5.74) is -0.505. The summed E-state index contributed by atoms with van der Waals surface area (Å²) in [6.45, 7) is 6.04. The van der Waals surface area contributed by atoms with Crippen LogP contribution in [0.15, 0.2) is 18.2 Å². The monoisotopic (exact) mass is 488 g/mol. The lowest BCUT2D eigenvalue weighted by Gasteiger charge is -2.37. The number of hydrogen-bond acceptors (Lipinski definition) is 3. The molecule has 1 aromatic heterocycles. The molecule has 1 aliphatic carbocycles. The van der Waals surface area contributed by atoms with Crippen LogP contribution in [0.3, 0.4) is 0 Å². The second kappa shape index (κ2) is 8.20. The van der Waals surface area contributed by atoms with E-state index in [2.05, 4.69) is 10.4 Å². The van der Waals surface area contributed by atoms with Gasteiger partial charge in [-0.1, -0.05) is 20.8 Å². The average molecular weight is 488 g/mol. The van der Waals surface area contributed by atoms with Crippen molar-refractivity contribution in [2.75, 3.05) is 16.8 Å². The number of amides is 1. The minimum Gasteiger partial charge on any atom is -0.364 e. The Morgan fingerprint density at radius 1 is 1.15 bits per heavy atom. The largest absolute Gasteiger partial charge is 0.435 e. The molecule has 34 heavy (non-hydrogen) atoms. The number of rotatable bonds is 4. The summed E-state index contributed by atoms with van der Waals surface area (Å²) in [6.07, 6.45) is -5.37. The molecular weight excluding hydrogens is 462 g/mol. The molecule has 0 spiro atoms. The highest BCUT2D eigenvalue weighted by Crippen LogP contribution is 2.51. The number of halogens is 6. The third kappa shape index (κ3) is 5.17. The van der Waals surface area contributed by atoms with Crippen LogP contribution in [-0.2, 0) is 24.1 Å². The number of nitrogens with zero attached hydrogens (tertiary/aromatic N) is 3. The minimum absolute atomic E-state index is 0.0541. The number of carbonyl (C=O) groups is 1. The van der Waals surface area contributed by atoms with E-state index in [0.29, 0.717) is 11.4 Å². The van der Waals surface area contributed by atoms with E-state index in [1.807, 2.05) is 20.8 Å². The Morgan fingerprint density at radius 2 is 1.82 bits per heavy atom. The van der Waals surface area contributed by atoms with Crippen molar-refractivity contribution in [3.05, 3.63) is 41.0 Å². The van der Waals surface area contributed by atoms with Gasteiger partial charge in [-0.15, -0.1) is 0 Å². The van der Waals surface area contributed by atoms with E-state index in [9.17, 15) is 26.7 Å². The molecule has 4 rings (SSSR count). The lowest BCUT2D eigenvalue weighted by molar-refractivity contribution is -0.141. The fraction of sp³-hybridized carbons (Fsp3) is 0.565. The van der Waals surface area contributed by atoms with Gasteiger partial charge >= 0.3 is 6.18 Å². The Kier molecular flexibility index (Phi) is 5.88. The zero-order valence-corrected chi connectivity index (χ0v) is 19.1. The number of aromatic nitrogens is 2. The van der Waals surface area contributed by atoms with Gasteiger partial charge in [0.15, 0.2) is 5.69 Å². The fourth-order valence-corrected chi connectivity index (χ4v) is 4.42. The highest BCUT2D eigenvalue weighted by molar-refractivity contribution is 5.92. The van der Waals surface area contributed by atoms with E-state index in [1.54, 1.807) is 11.0 Å². The molecule has 5 nitrogen and oxygen atoms in total. The Balaban J connectivity index is 1.63. The summed E-state index contributed by atoms with van der Waals surface area (Å²) in [4.78, 5) is 14.1. The Morgan fingerprint density at radius 3 is 2.41 bits per heavy atom. The number of hydrogen-bond donors (Lipinski definition) is 1. The van der Waals surface area contributed by atoms with E-state index < -0.39 is 48.3 Å². The molecule has 11 heteroatoms. The Bertz CT molecular complexity index is 1090. The fourth-order valence-electron chi connectivity index (χ4n) is 4.42. The van der Waals surface area contributed by atoms with E-state index >= 15 is 4.39 Å². The molecule has 1 saturated carbocycles. The van der Waals surface area contributed by atoms with Crippen molar-refractivity contribution in [2.24, 2.45) is 5.41 Å². The van der Waals surface area contributed by atoms with E-state index in [0.717, 1.165) is 6.07 Å². The molecule has 1 N–H and O–H groups in total. The predicted molar refractivity (Wildman–Crippen MR) is 114 cm³/mol. The molecule has 0 radical (unpaired) electrons. The quantitative estimate of drug-likeness (QED) is 0.542. The molecule has 1 amide bonds. The topological polar surface area (TPSA) is 50.2 Å². The number of nitrogens with one attached hydrogen (secondary N) is 1. The van der Waals surface area contributed by atoms with Crippen LogP contribution >= 0.6 is 0 Å². The molecule has 186 valence electrons. The number of anilines is 2. The molecular formula is C23H26F6N4O. The molecule has 2 aromatic rings. The molecule has 0 atom stereocenters. The van der Waals surface area contributed by atoms with Crippen molar-refractivity contribution in [2.45, 2.75) is 71.1 Å². The molecule has 0 unspecified atom stereocenters. The van der Waals surface area contributed by atoms with E-state index in [-0.39, 0.29) is 42.7 Å². The first-order valence-electron chi connectivity index (χ1n) is 11.0. The van der Waals surface area contributed by atoms with Crippen LogP contribution in [0, 0.1) is 11.2 Å². The maximum atomic E-state index is 15.2. The molecule has 0 saturated heterocycles. The highest BCUT2D eigenvalue weighted by Gasteiger charge is 2.47. The van der Waals surface area contributed by atoms with Crippen molar-refractivity contribution in [1.29, 1.82) is 0 Å². The highest BCUT2D eigenvalue weighted by atomic mass is 19.4. The van der Waals surface area contributed by atoms with Crippen LogP contribution < -0.4 is 10.2 Å². The average Bonchev–Trinajstić information content (AvgIpc) is 3.10. The van der Waals surface area contributed by atoms with Crippen molar-refractivity contribution in [1.82, 2.24) is 9.78 Å². The number of carbonyl (C=O) groups excluding carboxylic acids is 1. The van der Waals surface area contributed by atoms with Crippen molar-refractivity contribution < 1.29 is 31.1 Å². The van der Waals surface area contributed by atoms with Gasteiger partial charge < -0.3 is 10.2 Å². The van der Waals surface area contributed by atoms with E-state index in [1.165, 1.54) is 10.7 Å². The van der Waals surface area contributed by atoms with Gasteiger partial charge in [-0.2, -0.15) is 18.3 Å². The van der Waals surface area contributed by atoms with Crippen LogP contribution in [-0.4, -0.2) is 28.2 Å². The summed E-state index contributed by atoms with van der Waals surface area (Å²) in [5.74, 6) is -4.68. The molecule has 0 bridgehead atoms.